The maximum Gasteiger partial charge on any atom is 0.275 e. The van der Waals surface area contributed by atoms with E-state index in [4.69, 9.17) is 14.2 Å². The number of H-pyrrole nitrogens is 1. The number of ether oxygens (including phenoxy) is 3. The van der Waals surface area contributed by atoms with Crippen molar-refractivity contribution in [2.75, 3.05) is 34.4 Å². The molecule has 8 heteroatoms. The van der Waals surface area contributed by atoms with Gasteiger partial charge in [-0.3, -0.25) is 14.8 Å². The second-order valence-corrected chi connectivity index (χ2v) is 7.79. The van der Waals surface area contributed by atoms with Crippen molar-refractivity contribution in [2.24, 2.45) is 0 Å². The number of fused-ring (bicyclic) bond motifs is 1. The molecule has 1 aromatic carbocycles. The van der Waals surface area contributed by atoms with E-state index in [0.29, 0.717) is 34.4 Å². The minimum absolute atomic E-state index is 0.0315. The Morgan fingerprint density at radius 3 is 2.43 bits per heavy atom. The molecule has 3 aromatic rings. The summed E-state index contributed by atoms with van der Waals surface area (Å²) in [5.74, 6) is 2.25. The zero-order valence-corrected chi connectivity index (χ0v) is 18.1. The first kappa shape index (κ1) is 20.3. The lowest BCUT2D eigenvalue weighted by Gasteiger charge is -2.18. The molecule has 0 aliphatic carbocycles. The van der Waals surface area contributed by atoms with Crippen LogP contribution in [-0.2, 0) is 6.54 Å². The van der Waals surface area contributed by atoms with Gasteiger partial charge in [-0.25, -0.2) is 9.50 Å². The number of hydrogen-bond donors (Lipinski definition) is 1. The smallest absolute Gasteiger partial charge is 0.275 e. The normalized spacial score (nSPS) is 16.9. The van der Waals surface area contributed by atoms with Gasteiger partial charge < -0.3 is 14.2 Å². The van der Waals surface area contributed by atoms with Gasteiger partial charge in [-0.05, 0) is 44.5 Å². The standard InChI is InChI=1S/C22H28N4O4/c1-13-14(2)23-20-10-17(24-26(20)22(13)27)16-6-7-25(12-16)11-15-8-18(28-3)21(30-5)19(9-15)29-4/h8-10,16,24H,6-7,11-12H2,1-5H3. The second kappa shape index (κ2) is 8.02. The molecular weight excluding hydrogens is 384 g/mol. The van der Waals surface area contributed by atoms with Crippen LogP contribution in [0, 0.1) is 13.8 Å². The summed E-state index contributed by atoms with van der Waals surface area (Å²) in [4.78, 5) is 19.4. The number of likely N-dealkylation sites (tertiary alicyclic amines) is 1. The van der Waals surface area contributed by atoms with E-state index in [9.17, 15) is 4.79 Å². The molecule has 0 spiro atoms. The van der Waals surface area contributed by atoms with Gasteiger partial charge in [-0.1, -0.05) is 0 Å². The Balaban J connectivity index is 1.54. The van der Waals surface area contributed by atoms with Gasteiger partial charge in [0.25, 0.3) is 5.56 Å². The minimum atomic E-state index is -0.0315. The number of nitrogens with zero attached hydrogens (tertiary/aromatic N) is 3. The molecule has 1 saturated heterocycles. The fraction of sp³-hybridized carbons (Fsp3) is 0.455. The van der Waals surface area contributed by atoms with Crippen LogP contribution in [-0.4, -0.2) is 53.9 Å². The number of aromatic nitrogens is 3. The van der Waals surface area contributed by atoms with Gasteiger partial charge >= 0.3 is 0 Å². The molecule has 0 radical (unpaired) electrons. The quantitative estimate of drug-likeness (QED) is 0.670. The van der Waals surface area contributed by atoms with Crippen molar-refractivity contribution in [3.05, 3.63) is 51.1 Å². The van der Waals surface area contributed by atoms with E-state index in [0.717, 1.165) is 43.0 Å². The fourth-order valence-corrected chi connectivity index (χ4v) is 4.16. The van der Waals surface area contributed by atoms with E-state index < -0.39 is 0 Å². The molecule has 2 aromatic heterocycles. The highest BCUT2D eigenvalue weighted by Crippen LogP contribution is 2.39. The molecule has 30 heavy (non-hydrogen) atoms. The Kier molecular flexibility index (Phi) is 5.42. The summed E-state index contributed by atoms with van der Waals surface area (Å²) in [5, 5.41) is 3.27. The number of rotatable bonds is 6. The number of aromatic amines is 1. The summed E-state index contributed by atoms with van der Waals surface area (Å²) >= 11 is 0. The maximum absolute atomic E-state index is 12.5. The summed E-state index contributed by atoms with van der Waals surface area (Å²) in [6, 6.07) is 5.99. The third-order valence-corrected chi connectivity index (χ3v) is 5.95. The average molecular weight is 412 g/mol. The minimum Gasteiger partial charge on any atom is -0.493 e. The maximum atomic E-state index is 12.5. The van der Waals surface area contributed by atoms with Crippen molar-refractivity contribution in [1.82, 2.24) is 19.5 Å². The Bertz CT molecular complexity index is 1110. The van der Waals surface area contributed by atoms with Crippen molar-refractivity contribution >= 4 is 5.65 Å². The van der Waals surface area contributed by atoms with Gasteiger partial charge in [-0.2, -0.15) is 0 Å². The van der Waals surface area contributed by atoms with Crippen molar-refractivity contribution in [3.63, 3.8) is 0 Å². The SMILES string of the molecule is COc1cc(CN2CCC(c3cc4nc(C)c(C)c(=O)n4[nH]3)C2)cc(OC)c1OC. The van der Waals surface area contributed by atoms with Gasteiger partial charge in [0, 0.05) is 42.0 Å². The van der Waals surface area contributed by atoms with E-state index in [1.54, 1.807) is 25.8 Å². The molecule has 1 N–H and O–H groups in total. The van der Waals surface area contributed by atoms with Gasteiger partial charge in [0.1, 0.15) is 0 Å². The molecule has 0 saturated carbocycles. The monoisotopic (exact) mass is 412 g/mol. The van der Waals surface area contributed by atoms with Gasteiger partial charge in [0.2, 0.25) is 5.75 Å². The Morgan fingerprint density at radius 1 is 1.10 bits per heavy atom. The lowest BCUT2D eigenvalue weighted by Crippen LogP contribution is -2.20. The summed E-state index contributed by atoms with van der Waals surface area (Å²) in [5.41, 5.74) is 4.26. The van der Waals surface area contributed by atoms with Crippen molar-refractivity contribution in [1.29, 1.82) is 0 Å². The summed E-state index contributed by atoms with van der Waals surface area (Å²) in [7, 11) is 4.86. The molecule has 8 nitrogen and oxygen atoms in total. The largest absolute Gasteiger partial charge is 0.493 e. The molecule has 4 rings (SSSR count). The topological polar surface area (TPSA) is 81.1 Å². The van der Waals surface area contributed by atoms with Gasteiger partial charge in [-0.15, -0.1) is 0 Å². The molecule has 1 aliphatic heterocycles. The highest BCUT2D eigenvalue weighted by atomic mass is 16.5. The van der Waals surface area contributed by atoms with Crippen molar-refractivity contribution < 1.29 is 14.2 Å². The van der Waals surface area contributed by atoms with Crippen LogP contribution < -0.4 is 19.8 Å². The lowest BCUT2D eigenvalue weighted by atomic mass is 10.1. The molecule has 1 fully saturated rings. The van der Waals surface area contributed by atoms with Gasteiger partial charge in [0.05, 0.1) is 21.3 Å². The number of methoxy groups -OCH3 is 3. The number of aryl methyl sites for hydroxylation is 1. The molecule has 160 valence electrons. The lowest BCUT2D eigenvalue weighted by molar-refractivity contribution is 0.312. The first-order valence-electron chi connectivity index (χ1n) is 10.0. The summed E-state index contributed by atoms with van der Waals surface area (Å²) < 4.78 is 17.9. The molecule has 1 aliphatic rings. The van der Waals surface area contributed by atoms with E-state index in [1.165, 1.54) is 0 Å². The first-order chi connectivity index (χ1) is 14.4. The molecule has 0 bridgehead atoms. The van der Waals surface area contributed by atoms with Crippen LogP contribution in [0.2, 0.25) is 0 Å². The number of benzene rings is 1. The number of nitrogens with one attached hydrogen (secondary N) is 1. The van der Waals surface area contributed by atoms with Crippen LogP contribution in [0.4, 0.5) is 0 Å². The zero-order chi connectivity index (χ0) is 21.4. The van der Waals surface area contributed by atoms with Crippen LogP contribution >= 0.6 is 0 Å². The van der Waals surface area contributed by atoms with Crippen LogP contribution in [0.25, 0.3) is 5.65 Å². The summed E-state index contributed by atoms with van der Waals surface area (Å²) in [6.45, 7) is 6.33. The average Bonchev–Trinajstić information content (AvgIpc) is 3.38. The molecular formula is C22H28N4O4. The molecule has 0 amide bonds. The highest BCUT2D eigenvalue weighted by Gasteiger charge is 2.26. The van der Waals surface area contributed by atoms with E-state index in [-0.39, 0.29) is 5.56 Å². The highest BCUT2D eigenvalue weighted by molar-refractivity contribution is 5.53. The predicted molar refractivity (Wildman–Crippen MR) is 114 cm³/mol. The third-order valence-electron chi connectivity index (χ3n) is 5.95. The van der Waals surface area contributed by atoms with Crippen LogP contribution in [0.15, 0.2) is 23.0 Å². The van der Waals surface area contributed by atoms with E-state index >= 15 is 0 Å². The van der Waals surface area contributed by atoms with Crippen molar-refractivity contribution in [2.45, 2.75) is 32.7 Å². The number of hydrogen-bond acceptors (Lipinski definition) is 6. The van der Waals surface area contributed by atoms with Crippen molar-refractivity contribution in [3.8, 4) is 17.2 Å². The van der Waals surface area contributed by atoms with Gasteiger partial charge in [0.15, 0.2) is 17.1 Å². The zero-order valence-electron chi connectivity index (χ0n) is 18.1. The van der Waals surface area contributed by atoms with Crippen LogP contribution in [0.1, 0.15) is 34.9 Å². The third kappa shape index (κ3) is 3.52. The van der Waals surface area contributed by atoms with E-state index in [2.05, 4.69) is 15.0 Å². The molecule has 1 unspecified atom stereocenters. The Labute approximate surface area is 175 Å². The first-order valence-corrected chi connectivity index (χ1v) is 10.0. The van der Waals surface area contributed by atoms with Crippen LogP contribution in [0.3, 0.4) is 0 Å². The Morgan fingerprint density at radius 2 is 1.80 bits per heavy atom. The van der Waals surface area contributed by atoms with E-state index in [1.807, 2.05) is 32.0 Å². The molecule has 1 atom stereocenters. The van der Waals surface area contributed by atoms with Crippen LogP contribution in [0.5, 0.6) is 17.2 Å². The Hall–Kier alpha value is -3.00. The summed E-state index contributed by atoms with van der Waals surface area (Å²) in [6.07, 6.45) is 1.02. The predicted octanol–water partition coefficient (Wildman–Crippen LogP) is 2.65. The fourth-order valence-electron chi connectivity index (χ4n) is 4.16. The molecule has 3 heterocycles. The second-order valence-electron chi connectivity index (χ2n) is 7.79.